The zero-order valence-corrected chi connectivity index (χ0v) is 15.1. The molecular formula is C21H32O2. The third-order valence-electron chi connectivity index (χ3n) is 7.34. The Kier molecular flexibility index (Phi) is 4.14. The molecule has 2 saturated carbocycles. The molecule has 2 heteroatoms. The average molecular weight is 316 g/mol. The Bertz CT molecular complexity index is 577. The Morgan fingerprint density at radius 1 is 1.04 bits per heavy atom. The summed E-state index contributed by atoms with van der Waals surface area (Å²) >= 11 is 0. The second-order valence-electron chi connectivity index (χ2n) is 9.07. The molecule has 0 radical (unpaired) electrons. The molecule has 1 aromatic rings. The molecule has 2 unspecified atom stereocenters. The van der Waals surface area contributed by atoms with Crippen LogP contribution < -0.4 is 0 Å². The fraction of sp³-hybridized carbons (Fsp3) is 0.714. The summed E-state index contributed by atoms with van der Waals surface area (Å²) in [6, 6.07) is 4.95. The first-order chi connectivity index (χ1) is 10.7. The predicted molar refractivity (Wildman–Crippen MR) is 94.6 cm³/mol. The van der Waals surface area contributed by atoms with Gasteiger partial charge in [-0.3, -0.25) is 0 Å². The fourth-order valence-corrected chi connectivity index (χ4v) is 5.64. The van der Waals surface area contributed by atoms with E-state index in [9.17, 15) is 10.2 Å². The van der Waals surface area contributed by atoms with Gasteiger partial charge in [-0.25, -0.2) is 0 Å². The van der Waals surface area contributed by atoms with Gasteiger partial charge in [0.2, 0.25) is 0 Å². The summed E-state index contributed by atoms with van der Waals surface area (Å²) in [7, 11) is 0. The van der Waals surface area contributed by atoms with Crippen molar-refractivity contribution in [2.24, 2.45) is 28.6 Å². The quantitative estimate of drug-likeness (QED) is 0.705. The second-order valence-corrected chi connectivity index (χ2v) is 9.07. The molecule has 0 saturated heterocycles. The van der Waals surface area contributed by atoms with Crippen LogP contribution in [0.2, 0.25) is 0 Å². The highest BCUT2D eigenvalue weighted by Crippen LogP contribution is 2.60. The average Bonchev–Trinajstić information content (AvgIpc) is 2.47. The zero-order chi connectivity index (χ0) is 16.8. The summed E-state index contributed by atoms with van der Waals surface area (Å²) < 4.78 is 0. The van der Waals surface area contributed by atoms with Crippen LogP contribution >= 0.6 is 0 Å². The third-order valence-corrected chi connectivity index (χ3v) is 7.34. The normalized spacial score (nSPS) is 36.4. The number of fused-ring (bicyclic) bond motifs is 1. The van der Waals surface area contributed by atoms with Gasteiger partial charge in [0.1, 0.15) is 11.5 Å². The first kappa shape index (κ1) is 16.7. The van der Waals surface area contributed by atoms with Crippen LogP contribution in [0.15, 0.2) is 18.2 Å². The van der Waals surface area contributed by atoms with Crippen LogP contribution in [0.3, 0.4) is 0 Å². The standard InChI is InChI=1S/C21H32O2/c1-14-7-9-17-18(6-5-11-20(17,2)3)21(14,4)13-15-12-16(22)8-10-19(15)23/h8,10,12,14,17-18,22-23H,5-7,9,11,13H2,1-4H3/t14-,17?,18?,21-/m1/s1. The highest BCUT2D eigenvalue weighted by atomic mass is 16.3. The van der Waals surface area contributed by atoms with E-state index in [2.05, 4.69) is 27.7 Å². The first-order valence-corrected chi connectivity index (χ1v) is 9.25. The summed E-state index contributed by atoms with van der Waals surface area (Å²) in [5.41, 5.74) is 1.54. The van der Waals surface area contributed by atoms with E-state index in [0.717, 1.165) is 23.8 Å². The van der Waals surface area contributed by atoms with Gasteiger partial charge in [0, 0.05) is 0 Å². The van der Waals surface area contributed by atoms with Crippen molar-refractivity contribution in [2.75, 3.05) is 0 Å². The van der Waals surface area contributed by atoms with Gasteiger partial charge in [0.15, 0.2) is 0 Å². The number of rotatable bonds is 2. The van der Waals surface area contributed by atoms with E-state index in [0.29, 0.717) is 17.1 Å². The molecule has 0 bridgehead atoms. The van der Waals surface area contributed by atoms with Crippen molar-refractivity contribution in [1.29, 1.82) is 0 Å². The lowest BCUT2D eigenvalue weighted by molar-refractivity contribution is -0.0745. The smallest absolute Gasteiger partial charge is 0.119 e. The Morgan fingerprint density at radius 2 is 1.78 bits per heavy atom. The number of hydrogen-bond acceptors (Lipinski definition) is 2. The molecule has 0 spiro atoms. The van der Waals surface area contributed by atoms with Gasteiger partial charge in [-0.1, -0.05) is 34.1 Å². The van der Waals surface area contributed by atoms with E-state index in [-0.39, 0.29) is 11.2 Å². The third kappa shape index (κ3) is 2.86. The number of hydrogen-bond donors (Lipinski definition) is 2. The molecule has 2 N–H and O–H groups in total. The van der Waals surface area contributed by atoms with Gasteiger partial charge in [0.05, 0.1) is 0 Å². The topological polar surface area (TPSA) is 40.5 Å². The maximum Gasteiger partial charge on any atom is 0.119 e. The summed E-state index contributed by atoms with van der Waals surface area (Å²) in [5.74, 6) is 2.74. The molecule has 0 aliphatic heterocycles. The number of aromatic hydroxyl groups is 2. The van der Waals surface area contributed by atoms with E-state index < -0.39 is 0 Å². The molecule has 3 rings (SSSR count). The molecule has 23 heavy (non-hydrogen) atoms. The van der Waals surface area contributed by atoms with E-state index in [1.165, 1.54) is 32.1 Å². The van der Waals surface area contributed by atoms with Crippen LogP contribution in [-0.4, -0.2) is 10.2 Å². The lowest BCUT2D eigenvalue weighted by Gasteiger charge is -2.57. The monoisotopic (exact) mass is 316 g/mol. The van der Waals surface area contributed by atoms with Gasteiger partial charge < -0.3 is 10.2 Å². The summed E-state index contributed by atoms with van der Waals surface area (Å²) in [6.07, 6.45) is 7.47. The SMILES string of the molecule is C[C@@H]1CCC2C(CCCC2(C)C)[C@]1(C)Cc1cc(O)ccc1O. The molecule has 4 atom stereocenters. The van der Waals surface area contributed by atoms with Crippen LogP contribution in [0, 0.1) is 28.6 Å². The molecule has 128 valence electrons. The van der Waals surface area contributed by atoms with Gasteiger partial charge in [-0.15, -0.1) is 0 Å². The fourth-order valence-electron chi connectivity index (χ4n) is 5.64. The van der Waals surface area contributed by atoms with Crippen LogP contribution in [0.25, 0.3) is 0 Å². The Labute approximate surface area is 140 Å². The van der Waals surface area contributed by atoms with Crippen molar-refractivity contribution in [2.45, 2.75) is 66.2 Å². The van der Waals surface area contributed by atoms with Gasteiger partial charge in [-0.2, -0.15) is 0 Å². The van der Waals surface area contributed by atoms with Crippen LogP contribution in [0.1, 0.15) is 65.4 Å². The Morgan fingerprint density at radius 3 is 2.52 bits per heavy atom. The van der Waals surface area contributed by atoms with Crippen molar-refractivity contribution in [1.82, 2.24) is 0 Å². The molecule has 0 heterocycles. The second kappa shape index (κ2) is 5.72. The summed E-state index contributed by atoms with van der Waals surface area (Å²) in [4.78, 5) is 0. The lowest BCUT2D eigenvalue weighted by atomic mass is 9.47. The maximum atomic E-state index is 10.3. The predicted octanol–water partition coefficient (Wildman–Crippen LogP) is 5.52. The molecule has 2 nitrogen and oxygen atoms in total. The molecular weight excluding hydrogens is 284 g/mol. The largest absolute Gasteiger partial charge is 0.508 e. The van der Waals surface area contributed by atoms with Crippen LogP contribution in [0.5, 0.6) is 11.5 Å². The van der Waals surface area contributed by atoms with E-state index in [1.54, 1.807) is 18.2 Å². The number of benzene rings is 1. The molecule has 2 aliphatic carbocycles. The van der Waals surface area contributed by atoms with E-state index >= 15 is 0 Å². The Hall–Kier alpha value is -1.18. The van der Waals surface area contributed by atoms with E-state index in [1.807, 2.05) is 0 Å². The maximum absolute atomic E-state index is 10.3. The first-order valence-electron chi connectivity index (χ1n) is 9.25. The van der Waals surface area contributed by atoms with Gasteiger partial charge in [-0.05, 0) is 84.5 Å². The number of phenolic OH excluding ortho intramolecular Hbond substituents is 2. The highest BCUT2D eigenvalue weighted by molar-refractivity contribution is 5.39. The van der Waals surface area contributed by atoms with E-state index in [4.69, 9.17) is 0 Å². The van der Waals surface area contributed by atoms with Crippen molar-refractivity contribution >= 4 is 0 Å². The molecule has 2 aliphatic rings. The minimum atomic E-state index is 0.200. The molecule has 0 aromatic heterocycles. The van der Waals surface area contributed by atoms with Gasteiger partial charge >= 0.3 is 0 Å². The molecule has 2 fully saturated rings. The zero-order valence-electron chi connectivity index (χ0n) is 15.1. The minimum absolute atomic E-state index is 0.200. The van der Waals surface area contributed by atoms with Crippen molar-refractivity contribution in [3.05, 3.63) is 23.8 Å². The van der Waals surface area contributed by atoms with Crippen molar-refractivity contribution < 1.29 is 10.2 Å². The van der Waals surface area contributed by atoms with Crippen molar-refractivity contribution in [3.63, 3.8) is 0 Å². The molecule has 1 aromatic carbocycles. The number of phenols is 2. The van der Waals surface area contributed by atoms with Crippen LogP contribution in [0.4, 0.5) is 0 Å². The van der Waals surface area contributed by atoms with Crippen LogP contribution in [-0.2, 0) is 6.42 Å². The van der Waals surface area contributed by atoms with Gasteiger partial charge in [0.25, 0.3) is 0 Å². The minimum Gasteiger partial charge on any atom is -0.508 e. The Balaban J connectivity index is 1.95. The lowest BCUT2D eigenvalue weighted by Crippen LogP contribution is -2.50. The molecule has 0 amide bonds. The van der Waals surface area contributed by atoms with Crippen molar-refractivity contribution in [3.8, 4) is 11.5 Å². The highest BCUT2D eigenvalue weighted by Gasteiger charge is 2.52. The summed E-state index contributed by atoms with van der Waals surface area (Å²) in [5, 5.41) is 20.1. The summed E-state index contributed by atoms with van der Waals surface area (Å²) in [6.45, 7) is 9.72.